The van der Waals surface area contributed by atoms with E-state index in [1.807, 2.05) is 11.8 Å². The van der Waals surface area contributed by atoms with Gasteiger partial charge in [-0.05, 0) is 19.8 Å². The third-order valence-corrected chi connectivity index (χ3v) is 4.16. The van der Waals surface area contributed by atoms with Gasteiger partial charge < -0.3 is 14.7 Å². The van der Waals surface area contributed by atoms with Crippen molar-refractivity contribution >= 4 is 5.91 Å². The standard InChI is InChI=1S/C14H26N2O3/c1-12-10-16(7-9-19-12)14(18)11-15(6-8-17)13-4-2-3-5-13/h12-13,17H,2-11H2,1H3. The summed E-state index contributed by atoms with van der Waals surface area (Å²) in [6, 6.07) is 0.481. The molecule has 0 aromatic carbocycles. The molecule has 1 unspecified atom stereocenters. The first-order chi connectivity index (χ1) is 9.20. The predicted molar refractivity (Wildman–Crippen MR) is 72.9 cm³/mol. The molecule has 1 atom stereocenters. The number of ether oxygens (including phenoxy) is 1. The maximum atomic E-state index is 12.3. The van der Waals surface area contributed by atoms with Crippen molar-refractivity contribution in [2.24, 2.45) is 0 Å². The average Bonchev–Trinajstić information content (AvgIpc) is 2.92. The first-order valence-electron chi connectivity index (χ1n) is 7.45. The Morgan fingerprint density at radius 3 is 2.79 bits per heavy atom. The van der Waals surface area contributed by atoms with E-state index < -0.39 is 0 Å². The number of hydrogen-bond acceptors (Lipinski definition) is 4. The third kappa shape index (κ3) is 4.16. The zero-order chi connectivity index (χ0) is 13.7. The lowest BCUT2D eigenvalue weighted by molar-refractivity contribution is -0.140. The van der Waals surface area contributed by atoms with Crippen molar-refractivity contribution in [3.63, 3.8) is 0 Å². The first-order valence-corrected chi connectivity index (χ1v) is 7.45. The summed E-state index contributed by atoms with van der Waals surface area (Å²) in [6.45, 7) is 5.20. The van der Waals surface area contributed by atoms with Gasteiger partial charge in [-0.1, -0.05) is 12.8 Å². The van der Waals surface area contributed by atoms with Gasteiger partial charge in [0.2, 0.25) is 5.91 Å². The highest BCUT2D eigenvalue weighted by Crippen LogP contribution is 2.23. The van der Waals surface area contributed by atoms with Gasteiger partial charge in [-0.15, -0.1) is 0 Å². The van der Waals surface area contributed by atoms with Crippen molar-refractivity contribution in [2.45, 2.75) is 44.8 Å². The maximum absolute atomic E-state index is 12.3. The van der Waals surface area contributed by atoms with Crippen LogP contribution in [0.25, 0.3) is 0 Å². The fourth-order valence-corrected chi connectivity index (χ4v) is 3.11. The number of rotatable bonds is 5. The molecule has 1 saturated heterocycles. The summed E-state index contributed by atoms with van der Waals surface area (Å²) < 4.78 is 5.46. The maximum Gasteiger partial charge on any atom is 0.236 e. The van der Waals surface area contributed by atoms with Gasteiger partial charge in [-0.3, -0.25) is 9.69 Å². The van der Waals surface area contributed by atoms with Crippen LogP contribution in [-0.2, 0) is 9.53 Å². The molecule has 0 spiro atoms. The zero-order valence-corrected chi connectivity index (χ0v) is 11.9. The minimum Gasteiger partial charge on any atom is -0.395 e. The highest BCUT2D eigenvalue weighted by molar-refractivity contribution is 5.78. The Morgan fingerprint density at radius 1 is 1.42 bits per heavy atom. The molecule has 0 aromatic rings. The molecule has 1 aliphatic carbocycles. The largest absolute Gasteiger partial charge is 0.395 e. The van der Waals surface area contributed by atoms with Crippen LogP contribution in [0.3, 0.4) is 0 Å². The van der Waals surface area contributed by atoms with E-state index in [2.05, 4.69) is 4.90 Å². The Morgan fingerprint density at radius 2 is 2.16 bits per heavy atom. The number of aliphatic hydroxyl groups excluding tert-OH is 1. The molecular formula is C14H26N2O3. The number of carbonyl (C=O) groups excluding carboxylic acids is 1. The first kappa shape index (κ1) is 14.8. The molecule has 0 radical (unpaired) electrons. The molecule has 110 valence electrons. The van der Waals surface area contributed by atoms with Gasteiger partial charge in [0.15, 0.2) is 0 Å². The van der Waals surface area contributed by atoms with Crippen molar-refractivity contribution in [2.75, 3.05) is 39.4 Å². The van der Waals surface area contributed by atoms with E-state index in [0.717, 1.165) is 12.8 Å². The Labute approximate surface area is 115 Å². The lowest BCUT2D eigenvalue weighted by atomic mass is 10.2. The smallest absolute Gasteiger partial charge is 0.236 e. The van der Waals surface area contributed by atoms with E-state index >= 15 is 0 Å². The normalized spacial score (nSPS) is 25.2. The molecule has 5 nitrogen and oxygen atoms in total. The summed E-state index contributed by atoms with van der Waals surface area (Å²) in [6.07, 6.45) is 4.94. The second kappa shape index (κ2) is 7.22. The van der Waals surface area contributed by atoms with Crippen LogP contribution in [0.15, 0.2) is 0 Å². The Kier molecular flexibility index (Phi) is 5.60. The molecule has 5 heteroatoms. The number of hydrogen-bond donors (Lipinski definition) is 1. The highest BCUT2D eigenvalue weighted by atomic mass is 16.5. The highest BCUT2D eigenvalue weighted by Gasteiger charge is 2.27. The molecule has 1 heterocycles. The fraction of sp³-hybridized carbons (Fsp3) is 0.929. The van der Waals surface area contributed by atoms with Crippen LogP contribution >= 0.6 is 0 Å². The van der Waals surface area contributed by atoms with E-state index in [0.29, 0.717) is 38.8 Å². The summed E-state index contributed by atoms with van der Waals surface area (Å²) in [4.78, 5) is 16.4. The van der Waals surface area contributed by atoms with Crippen LogP contribution < -0.4 is 0 Å². The van der Waals surface area contributed by atoms with Crippen LogP contribution in [0.4, 0.5) is 0 Å². The van der Waals surface area contributed by atoms with Crippen LogP contribution in [-0.4, -0.2) is 72.4 Å². The van der Waals surface area contributed by atoms with Crippen LogP contribution in [0.5, 0.6) is 0 Å². The number of carbonyl (C=O) groups is 1. The third-order valence-electron chi connectivity index (χ3n) is 4.16. The van der Waals surface area contributed by atoms with E-state index in [4.69, 9.17) is 4.74 Å². The second-order valence-electron chi connectivity index (χ2n) is 5.65. The molecule has 0 bridgehead atoms. The second-order valence-corrected chi connectivity index (χ2v) is 5.65. The van der Waals surface area contributed by atoms with Gasteiger partial charge in [0.05, 0.1) is 25.9 Å². The molecule has 1 N–H and O–H groups in total. The van der Waals surface area contributed by atoms with Crippen LogP contribution in [0.1, 0.15) is 32.6 Å². The fourth-order valence-electron chi connectivity index (χ4n) is 3.11. The van der Waals surface area contributed by atoms with E-state index in [1.54, 1.807) is 0 Å². The Balaban J connectivity index is 1.86. The number of nitrogens with zero attached hydrogens (tertiary/aromatic N) is 2. The number of amides is 1. The minimum absolute atomic E-state index is 0.128. The molecule has 0 aromatic heterocycles. The topological polar surface area (TPSA) is 53.0 Å². The van der Waals surface area contributed by atoms with Gasteiger partial charge in [-0.25, -0.2) is 0 Å². The Hall–Kier alpha value is -0.650. The van der Waals surface area contributed by atoms with Gasteiger partial charge >= 0.3 is 0 Å². The minimum atomic E-state index is 0.128. The summed E-state index contributed by atoms with van der Waals surface area (Å²) in [5.74, 6) is 0.176. The van der Waals surface area contributed by atoms with Crippen molar-refractivity contribution in [1.29, 1.82) is 0 Å². The van der Waals surface area contributed by atoms with E-state index in [1.165, 1.54) is 12.8 Å². The van der Waals surface area contributed by atoms with Crippen molar-refractivity contribution < 1.29 is 14.6 Å². The van der Waals surface area contributed by atoms with E-state index in [-0.39, 0.29) is 18.6 Å². The Bertz CT molecular complexity index is 292. The van der Waals surface area contributed by atoms with Crippen molar-refractivity contribution in [1.82, 2.24) is 9.80 Å². The molecule has 2 aliphatic rings. The summed E-state index contributed by atoms with van der Waals surface area (Å²) in [7, 11) is 0. The quantitative estimate of drug-likeness (QED) is 0.789. The van der Waals surface area contributed by atoms with Gasteiger partial charge in [-0.2, -0.15) is 0 Å². The molecule has 1 amide bonds. The lowest BCUT2D eigenvalue weighted by Gasteiger charge is -2.34. The molecule has 1 aliphatic heterocycles. The van der Waals surface area contributed by atoms with Crippen molar-refractivity contribution in [3.05, 3.63) is 0 Å². The molecule has 2 rings (SSSR count). The summed E-state index contributed by atoms with van der Waals surface area (Å²) in [5, 5.41) is 9.18. The molecule has 1 saturated carbocycles. The predicted octanol–water partition coefficient (Wildman–Crippen LogP) is 0.471. The SMILES string of the molecule is CC1CN(C(=O)CN(CCO)C2CCCC2)CCO1. The van der Waals surface area contributed by atoms with Gasteiger partial charge in [0, 0.05) is 25.7 Å². The monoisotopic (exact) mass is 270 g/mol. The van der Waals surface area contributed by atoms with Crippen LogP contribution in [0.2, 0.25) is 0 Å². The van der Waals surface area contributed by atoms with Crippen LogP contribution in [0, 0.1) is 0 Å². The zero-order valence-electron chi connectivity index (χ0n) is 11.9. The van der Waals surface area contributed by atoms with Gasteiger partial charge in [0.1, 0.15) is 0 Å². The average molecular weight is 270 g/mol. The number of morpholine rings is 1. The number of aliphatic hydroxyl groups is 1. The molecular weight excluding hydrogens is 244 g/mol. The molecule has 2 fully saturated rings. The van der Waals surface area contributed by atoms with Gasteiger partial charge in [0.25, 0.3) is 0 Å². The summed E-state index contributed by atoms with van der Waals surface area (Å²) >= 11 is 0. The van der Waals surface area contributed by atoms with Crippen molar-refractivity contribution in [3.8, 4) is 0 Å². The summed E-state index contributed by atoms with van der Waals surface area (Å²) in [5.41, 5.74) is 0. The molecule has 19 heavy (non-hydrogen) atoms. The van der Waals surface area contributed by atoms with E-state index in [9.17, 15) is 9.90 Å². The lowest BCUT2D eigenvalue weighted by Crippen LogP contribution is -2.50.